The maximum atomic E-state index is 10.3. The highest BCUT2D eigenvalue weighted by atomic mass is 16.4. The van der Waals surface area contributed by atoms with E-state index in [4.69, 9.17) is 5.11 Å². The van der Waals surface area contributed by atoms with Crippen LogP contribution in [0.4, 0.5) is 0 Å². The lowest BCUT2D eigenvalue weighted by molar-refractivity contribution is -0.131. The second-order valence-electron chi connectivity index (χ2n) is 4.85. The van der Waals surface area contributed by atoms with Gasteiger partial charge >= 0.3 is 5.97 Å². The summed E-state index contributed by atoms with van der Waals surface area (Å²) in [6, 6.07) is 0. The van der Waals surface area contributed by atoms with Gasteiger partial charge in [-0.15, -0.1) is 0 Å². The van der Waals surface area contributed by atoms with Crippen LogP contribution in [0.5, 0.6) is 0 Å². The van der Waals surface area contributed by atoms with Gasteiger partial charge in [0, 0.05) is 25.7 Å². The summed E-state index contributed by atoms with van der Waals surface area (Å²) in [6.45, 7) is 3.14. The first-order valence-electron chi connectivity index (χ1n) is 5.86. The Hall–Kier alpha value is -0.830. The zero-order valence-corrected chi connectivity index (χ0v) is 9.06. The first-order chi connectivity index (χ1) is 7.24. The molecular weight excluding hydrogens is 190 g/mol. The normalized spacial score (nSPS) is 21.4. The van der Waals surface area contributed by atoms with E-state index in [2.05, 4.69) is 4.90 Å². The first-order valence-corrected chi connectivity index (χ1v) is 5.86. The lowest BCUT2D eigenvalue weighted by Gasteiger charge is -2.19. The van der Waals surface area contributed by atoms with Crippen LogP contribution < -0.4 is 0 Å². The highest BCUT2D eigenvalue weighted by molar-refractivity contribution is 5.79. The van der Waals surface area contributed by atoms with Gasteiger partial charge in [-0.3, -0.25) is 4.90 Å². The van der Waals surface area contributed by atoms with Gasteiger partial charge in [0.2, 0.25) is 0 Å². The molecule has 0 aromatic rings. The molecule has 0 spiro atoms. The van der Waals surface area contributed by atoms with E-state index in [0.29, 0.717) is 0 Å². The van der Waals surface area contributed by atoms with Crippen molar-refractivity contribution in [1.29, 1.82) is 0 Å². The fraction of sp³-hybridized carbons (Fsp3) is 0.750. The Labute approximate surface area is 90.8 Å². The molecule has 0 radical (unpaired) electrons. The summed E-state index contributed by atoms with van der Waals surface area (Å²) in [5.74, 6) is 0.941. The van der Waals surface area contributed by atoms with Crippen LogP contribution in [0.25, 0.3) is 0 Å². The number of rotatable bonds is 7. The van der Waals surface area contributed by atoms with Crippen LogP contribution in [0, 0.1) is 11.8 Å². The van der Waals surface area contributed by atoms with E-state index >= 15 is 0 Å². The quantitative estimate of drug-likeness (QED) is 0.649. The number of nitrogens with zero attached hydrogens (tertiary/aromatic N) is 1. The Morgan fingerprint density at radius 1 is 1.20 bits per heavy atom. The van der Waals surface area contributed by atoms with Gasteiger partial charge in [0.05, 0.1) is 0 Å². The third-order valence-electron chi connectivity index (χ3n) is 3.05. The standard InChI is InChI=1S/C12H19NO2/c14-12(15)2-1-7-13(8-10-3-4-10)9-11-5-6-11/h1-2,10-11H,3-9H2,(H,14,15)/b2-1+. The van der Waals surface area contributed by atoms with Gasteiger partial charge in [0.1, 0.15) is 0 Å². The van der Waals surface area contributed by atoms with E-state index in [-0.39, 0.29) is 0 Å². The van der Waals surface area contributed by atoms with E-state index in [1.807, 2.05) is 0 Å². The van der Waals surface area contributed by atoms with Crippen LogP contribution in [0.2, 0.25) is 0 Å². The van der Waals surface area contributed by atoms with E-state index in [1.54, 1.807) is 6.08 Å². The molecule has 0 unspecified atom stereocenters. The molecule has 0 saturated heterocycles. The lowest BCUT2D eigenvalue weighted by Crippen LogP contribution is -2.28. The molecule has 3 heteroatoms. The second-order valence-corrected chi connectivity index (χ2v) is 4.85. The molecule has 2 aliphatic carbocycles. The summed E-state index contributed by atoms with van der Waals surface area (Å²) in [5.41, 5.74) is 0. The predicted molar refractivity (Wildman–Crippen MR) is 58.7 cm³/mol. The van der Waals surface area contributed by atoms with Gasteiger partial charge in [-0.2, -0.15) is 0 Å². The molecule has 0 bridgehead atoms. The largest absolute Gasteiger partial charge is 0.478 e. The van der Waals surface area contributed by atoms with E-state index in [1.165, 1.54) is 44.8 Å². The maximum Gasteiger partial charge on any atom is 0.328 e. The molecule has 0 aromatic carbocycles. The van der Waals surface area contributed by atoms with Gasteiger partial charge in [-0.25, -0.2) is 4.79 Å². The minimum atomic E-state index is -0.840. The van der Waals surface area contributed by atoms with Crippen LogP contribution in [-0.2, 0) is 4.79 Å². The van der Waals surface area contributed by atoms with Crippen molar-refractivity contribution < 1.29 is 9.90 Å². The van der Waals surface area contributed by atoms with Gasteiger partial charge < -0.3 is 5.11 Å². The van der Waals surface area contributed by atoms with E-state index in [0.717, 1.165) is 18.4 Å². The van der Waals surface area contributed by atoms with Gasteiger partial charge in [0.25, 0.3) is 0 Å². The summed E-state index contributed by atoms with van der Waals surface area (Å²) in [5, 5.41) is 8.51. The number of carbonyl (C=O) groups is 1. The van der Waals surface area contributed by atoms with Crippen LogP contribution in [0.3, 0.4) is 0 Å². The number of hydrogen-bond acceptors (Lipinski definition) is 2. The van der Waals surface area contributed by atoms with Gasteiger partial charge in [-0.05, 0) is 37.5 Å². The smallest absolute Gasteiger partial charge is 0.328 e. The highest BCUT2D eigenvalue weighted by Gasteiger charge is 2.28. The fourth-order valence-corrected chi connectivity index (χ4v) is 1.86. The Kier molecular flexibility index (Phi) is 3.41. The first kappa shape index (κ1) is 10.7. The third kappa shape index (κ3) is 4.47. The lowest BCUT2D eigenvalue weighted by atomic mass is 10.3. The van der Waals surface area contributed by atoms with Crippen molar-refractivity contribution in [2.24, 2.45) is 11.8 Å². The minimum absolute atomic E-state index is 0.805. The zero-order chi connectivity index (χ0) is 10.7. The average Bonchev–Trinajstić information content (AvgIpc) is 2.97. The number of aliphatic carboxylic acids is 1. The maximum absolute atomic E-state index is 10.3. The van der Waals surface area contributed by atoms with Crippen molar-refractivity contribution in [2.45, 2.75) is 25.7 Å². The van der Waals surface area contributed by atoms with E-state index in [9.17, 15) is 4.79 Å². The topological polar surface area (TPSA) is 40.5 Å². The summed E-state index contributed by atoms with van der Waals surface area (Å²) < 4.78 is 0. The van der Waals surface area contributed by atoms with Crippen molar-refractivity contribution >= 4 is 5.97 Å². The van der Waals surface area contributed by atoms with Crippen molar-refractivity contribution in [2.75, 3.05) is 19.6 Å². The van der Waals surface area contributed by atoms with Crippen molar-refractivity contribution in [3.05, 3.63) is 12.2 Å². The molecule has 2 saturated carbocycles. The average molecular weight is 209 g/mol. The Morgan fingerprint density at radius 2 is 1.73 bits per heavy atom. The molecule has 1 N–H and O–H groups in total. The number of carboxylic acid groups (broad SMARTS) is 1. The van der Waals surface area contributed by atoms with Crippen LogP contribution in [0.1, 0.15) is 25.7 Å². The van der Waals surface area contributed by atoms with Crippen molar-refractivity contribution in [1.82, 2.24) is 4.90 Å². The molecule has 2 aliphatic rings. The fourth-order valence-electron chi connectivity index (χ4n) is 1.86. The van der Waals surface area contributed by atoms with Gasteiger partial charge in [-0.1, -0.05) is 6.08 Å². The van der Waals surface area contributed by atoms with Gasteiger partial charge in [0.15, 0.2) is 0 Å². The highest BCUT2D eigenvalue weighted by Crippen LogP contribution is 2.33. The SMILES string of the molecule is O=C(O)/C=C/CN(CC1CC1)CC1CC1. The molecule has 0 atom stereocenters. The van der Waals surface area contributed by atoms with Crippen molar-refractivity contribution in [3.63, 3.8) is 0 Å². The summed E-state index contributed by atoms with van der Waals surface area (Å²) in [4.78, 5) is 12.8. The van der Waals surface area contributed by atoms with Crippen LogP contribution in [0.15, 0.2) is 12.2 Å². The van der Waals surface area contributed by atoms with E-state index < -0.39 is 5.97 Å². The predicted octanol–water partition coefficient (Wildman–Crippen LogP) is 1.75. The number of carboxylic acids is 1. The molecule has 2 fully saturated rings. The molecule has 2 rings (SSSR count). The van der Waals surface area contributed by atoms with Crippen LogP contribution in [-0.4, -0.2) is 35.6 Å². The summed E-state index contributed by atoms with van der Waals surface area (Å²) >= 11 is 0. The van der Waals surface area contributed by atoms with Crippen LogP contribution >= 0.6 is 0 Å². The summed E-state index contributed by atoms with van der Waals surface area (Å²) in [6.07, 6.45) is 8.49. The zero-order valence-electron chi connectivity index (χ0n) is 9.06. The minimum Gasteiger partial charge on any atom is -0.478 e. The van der Waals surface area contributed by atoms with Crippen molar-refractivity contribution in [3.8, 4) is 0 Å². The Bertz CT molecular complexity index is 240. The second kappa shape index (κ2) is 4.79. The Balaban J connectivity index is 1.72. The number of hydrogen-bond donors (Lipinski definition) is 1. The molecular formula is C12H19NO2. The third-order valence-corrected chi connectivity index (χ3v) is 3.05. The molecule has 15 heavy (non-hydrogen) atoms. The Morgan fingerprint density at radius 3 is 2.13 bits per heavy atom. The molecule has 0 aromatic heterocycles. The summed E-state index contributed by atoms with van der Waals surface area (Å²) in [7, 11) is 0. The molecule has 3 nitrogen and oxygen atoms in total. The molecule has 84 valence electrons. The molecule has 0 amide bonds. The molecule has 0 heterocycles. The molecule has 0 aliphatic heterocycles. The monoisotopic (exact) mass is 209 g/mol.